The molecule has 0 saturated heterocycles. The van der Waals surface area contributed by atoms with Crippen LogP contribution in [0, 0.1) is 0 Å². The first-order chi connectivity index (χ1) is 6.86. The highest BCUT2D eigenvalue weighted by Gasteiger charge is 2.04. The minimum atomic E-state index is 0.459. The third kappa shape index (κ3) is 3.79. The second-order valence-corrected chi connectivity index (χ2v) is 3.40. The first-order valence-corrected chi connectivity index (χ1v) is 5.22. The molecule has 1 aromatic rings. The van der Waals surface area contributed by atoms with Crippen molar-refractivity contribution in [2.75, 3.05) is 13.7 Å². The van der Waals surface area contributed by atoms with Gasteiger partial charge in [0.25, 0.3) is 0 Å². The predicted octanol–water partition coefficient (Wildman–Crippen LogP) is 2.45. The third-order valence-corrected chi connectivity index (χ3v) is 2.24. The van der Waals surface area contributed by atoms with Gasteiger partial charge < -0.3 is 10.1 Å². The molecule has 1 aromatic carbocycles. The summed E-state index contributed by atoms with van der Waals surface area (Å²) in [4.78, 5) is 0. The van der Waals surface area contributed by atoms with Crippen LogP contribution in [-0.4, -0.2) is 19.7 Å². The molecule has 0 aliphatic rings. The van der Waals surface area contributed by atoms with Crippen LogP contribution in [0.25, 0.3) is 0 Å². The second-order valence-electron chi connectivity index (χ2n) is 3.40. The molecule has 0 bridgehead atoms. The Labute approximate surface area is 86.3 Å². The Bertz CT molecular complexity index is 235. The Balaban J connectivity index is 2.32. The van der Waals surface area contributed by atoms with E-state index in [0.29, 0.717) is 6.04 Å². The topological polar surface area (TPSA) is 21.3 Å². The maximum absolute atomic E-state index is 5.65. The molecule has 78 valence electrons. The molecule has 0 spiro atoms. The summed E-state index contributed by atoms with van der Waals surface area (Å²) in [5.74, 6) is 0.948. The van der Waals surface area contributed by atoms with Crippen molar-refractivity contribution in [1.29, 1.82) is 0 Å². The molecule has 14 heavy (non-hydrogen) atoms. The van der Waals surface area contributed by atoms with Crippen molar-refractivity contribution >= 4 is 0 Å². The molecule has 0 fully saturated rings. The van der Waals surface area contributed by atoms with Crippen molar-refractivity contribution in [2.24, 2.45) is 0 Å². The highest BCUT2D eigenvalue weighted by Crippen LogP contribution is 2.09. The molecule has 2 heteroatoms. The molecule has 0 aromatic heterocycles. The van der Waals surface area contributed by atoms with Gasteiger partial charge in [-0.1, -0.05) is 31.5 Å². The number of ether oxygens (including phenoxy) is 1. The van der Waals surface area contributed by atoms with Crippen LogP contribution in [0.1, 0.15) is 19.8 Å². The van der Waals surface area contributed by atoms with Crippen molar-refractivity contribution in [3.8, 4) is 5.75 Å². The Hall–Kier alpha value is -1.02. The smallest absolute Gasteiger partial charge is 0.119 e. The van der Waals surface area contributed by atoms with Gasteiger partial charge in [-0.2, -0.15) is 0 Å². The van der Waals surface area contributed by atoms with Gasteiger partial charge in [0.05, 0.1) is 0 Å². The van der Waals surface area contributed by atoms with Gasteiger partial charge >= 0.3 is 0 Å². The van der Waals surface area contributed by atoms with Crippen LogP contribution in [0.15, 0.2) is 30.3 Å². The fraction of sp³-hybridized carbons (Fsp3) is 0.500. The van der Waals surface area contributed by atoms with E-state index in [1.54, 1.807) is 0 Å². The van der Waals surface area contributed by atoms with Crippen molar-refractivity contribution in [1.82, 2.24) is 5.32 Å². The van der Waals surface area contributed by atoms with Crippen LogP contribution < -0.4 is 10.1 Å². The number of para-hydroxylation sites is 1. The van der Waals surface area contributed by atoms with Gasteiger partial charge in [0, 0.05) is 6.04 Å². The second kappa shape index (κ2) is 6.44. The number of benzene rings is 1. The first kappa shape index (κ1) is 11.1. The summed E-state index contributed by atoms with van der Waals surface area (Å²) in [7, 11) is 1.98. The molecule has 0 saturated carbocycles. The number of hydrogen-bond acceptors (Lipinski definition) is 2. The average Bonchev–Trinajstić information content (AvgIpc) is 2.25. The van der Waals surface area contributed by atoms with Crippen LogP contribution >= 0.6 is 0 Å². The van der Waals surface area contributed by atoms with Crippen LogP contribution in [0.3, 0.4) is 0 Å². The Kier molecular flexibility index (Phi) is 5.08. The van der Waals surface area contributed by atoms with E-state index in [1.165, 1.54) is 6.42 Å². The van der Waals surface area contributed by atoms with Gasteiger partial charge in [0.2, 0.25) is 0 Å². The molecule has 0 amide bonds. The van der Waals surface area contributed by atoms with E-state index in [0.717, 1.165) is 18.8 Å². The number of hydrogen-bond donors (Lipinski definition) is 1. The zero-order chi connectivity index (χ0) is 10.2. The zero-order valence-electron chi connectivity index (χ0n) is 8.99. The summed E-state index contributed by atoms with van der Waals surface area (Å²) in [6.07, 6.45) is 2.34. The number of rotatable bonds is 6. The van der Waals surface area contributed by atoms with Crippen molar-refractivity contribution < 1.29 is 4.74 Å². The van der Waals surface area contributed by atoms with Crippen LogP contribution in [-0.2, 0) is 0 Å². The summed E-state index contributed by atoms with van der Waals surface area (Å²) in [6.45, 7) is 2.93. The van der Waals surface area contributed by atoms with E-state index in [9.17, 15) is 0 Å². The van der Waals surface area contributed by atoms with Crippen LogP contribution in [0.4, 0.5) is 0 Å². The van der Waals surface area contributed by atoms with Gasteiger partial charge in [-0.05, 0) is 25.6 Å². The molecule has 0 aliphatic carbocycles. The van der Waals surface area contributed by atoms with Gasteiger partial charge in [-0.15, -0.1) is 0 Å². The normalized spacial score (nSPS) is 12.4. The summed E-state index contributed by atoms with van der Waals surface area (Å²) >= 11 is 0. The molecule has 0 radical (unpaired) electrons. The van der Waals surface area contributed by atoms with E-state index >= 15 is 0 Å². The highest BCUT2D eigenvalue weighted by atomic mass is 16.5. The minimum absolute atomic E-state index is 0.459. The summed E-state index contributed by atoms with van der Waals surface area (Å²) in [6, 6.07) is 10.4. The molecule has 1 unspecified atom stereocenters. The molecule has 1 rings (SSSR count). The first-order valence-electron chi connectivity index (χ1n) is 5.22. The summed E-state index contributed by atoms with van der Waals surface area (Å²) < 4.78 is 5.65. The van der Waals surface area contributed by atoms with Gasteiger partial charge in [0.1, 0.15) is 12.4 Å². The number of likely N-dealkylation sites (N-methyl/N-ethyl adjacent to an activating group) is 1. The molecule has 0 heterocycles. The molecule has 1 atom stereocenters. The lowest BCUT2D eigenvalue weighted by atomic mass is 10.2. The minimum Gasteiger partial charge on any atom is -0.492 e. The lowest BCUT2D eigenvalue weighted by molar-refractivity contribution is 0.263. The van der Waals surface area contributed by atoms with E-state index in [1.807, 2.05) is 37.4 Å². The molecule has 1 N–H and O–H groups in total. The summed E-state index contributed by atoms with van der Waals surface area (Å²) in [5.41, 5.74) is 0. The Morgan fingerprint density at radius 1 is 1.29 bits per heavy atom. The van der Waals surface area contributed by atoms with Crippen LogP contribution in [0.5, 0.6) is 5.75 Å². The maximum atomic E-state index is 5.65. The lowest BCUT2D eigenvalue weighted by Crippen LogP contribution is -2.31. The quantitative estimate of drug-likeness (QED) is 0.749. The number of nitrogens with one attached hydrogen (secondary N) is 1. The van der Waals surface area contributed by atoms with E-state index in [-0.39, 0.29) is 0 Å². The van der Waals surface area contributed by atoms with Gasteiger partial charge in [-0.3, -0.25) is 0 Å². The molecular weight excluding hydrogens is 174 g/mol. The van der Waals surface area contributed by atoms with Crippen molar-refractivity contribution in [3.63, 3.8) is 0 Å². The Morgan fingerprint density at radius 3 is 2.57 bits per heavy atom. The predicted molar refractivity (Wildman–Crippen MR) is 59.7 cm³/mol. The summed E-state index contributed by atoms with van der Waals surface area (Å²) in [5, 5.41) is 3.25. The third-order valence-electron chi connectivity index (χ3n) is 2.24. The SMILES string of the molecule is CCCC(COc1ccccc1)NC. The fourth-order valence-corrected chi connectivity index (χ4v) is 1.37. The van der Waals surface area contributed by atoms with Crippen molar-refractivity contribution in [2.45, 2.75) is 25.8 Å². The molecule has 0 aliphatic heterocycles. The maximum Gasteiger partial charge on any atom is 0.119 e. The standard InChI is InChI=1S/C12H19NO/c1-3-7-11(13-2)10-14-12-8-5-4-6-9-12/h4-6,8-9,11,13H,3,7,10H2,1-2H3. The largest absolute Gasteiger partial charge is 0.492 e. The highest BCUT2D eigenvalue weighted by molar-refractivity contribution is 5.20. The van der Waals surface area contributed by atoms with E-state index in [4.69, 9.17) is 4.74 Å². The van der Waals surface area contributed by atoms with E-state index in [2.05, 4.69) is 12.2 Å². The lowest BCUT2D eigenvalue weighted by Gasteiger charge is -2.15. The van der Waals surface area contributed by atoms with Crippen molar-refractivity contribution in [3.05, 3.63) is 30.3 Å². The zero-order valence-corrected chi connectivity index (χ0v) is 8.99. The monoisotopic (exact) mass is 193 g/mol. The average molecular weight is 193 g/mol. The van der Waals surface area contributed by atoms with Gasteiger partial charge in [0.15, 0.2) is 0 Å². The Morgan fingerprint density at radius 2 is 2.00 bits per heavy atom. The molecule has 2 nitrogen and oxygen atoms in total. The fourth-order valence-electron chi connectivity index (χ4n) is 1.37. The molecular formula is C12H19NO. The van der Waals surface area contributed by atoms with Gasteiger partial charge in [-0.25, -0.2) is 0 Å². The van der Waals surface area contributed by atoms with E-state index < -0.39 is 0 Å². The van der Waals surface area contributed by atoms with Crippen LogP contribution in [0.2, 0.25) is 0 Å².